The normalized spacial score (nSPS) is 10.2. The number of hydrogen-bond acceptors (Lipinski definition) is 3. The van der Waals surface area contributed by atoms with Gasteiger partial charge in [0.1, 0.15) is 17.9 Å². The van der Waals surface area contributed by atoms with Crippen LogP contribution in [0.15, 0.2) is 30.3 Å². The highest BCUT2D eigenvalue weighted by Crippen LogP contribution is 2.33. The van der Waals surface area contributed by atoms with Gasteiger partial charge in [-0.1, -0.05) is 32.8 Å². The van der Waals surface area contributed by atoms with Crippen molar-refractivity contribution in [3.05, 3.63) is 52.6 Å². The van der Waals surface area contributed by atoms with Gasteiger partial charge in [0.2, 0.25) is 0 Å². The summed E-state index contributed by atoms with van der Waals surface area (Å²) in [5.41, 5.74) is 4.62. The quantitative estimate of drug-likeness (QED) is 0.729. The number of nitriles is 2. The van der Waals surface area contributed by atoms with Crippen molar-refractivity contribution < 1.29 is 5.11 Å². The molecule has 0 heterocycles. The molecular formula is C22H24N2O. The number of phenolic OH excluding ortho intramolecular Hbond substituents is 1. The van der Waals surface area contributed by atoms with Crippen molar-refractivity contribution in [1.82, 2.24) is 0 Å². The molecule has 0 radical (unpaired) electrons. The number of aromatic hydroxyl groups is 1. The molecule has 0 atom stereocenters. The molecule has 3 heteroatoms. The summed E-state index contributed by atoms with van der Waals surface area (Å²) in [5, 5.41) is 29.0. The Morgan fingerprint density at radius 2 is 1.36 bits per heavy atom. The predicted molar refractivity (Wildman–Crippen MR) is 100 cm³/mol. The summed E-state index contributed by atoms with van der Waals surface area (Å²) in [6, 6.07) is 13.5. The van der Waals surface area contributed by atoms with Crippen molar-refractivity contribution in [3.8, 4) is 29.0 Å². The van der Waals surface area contributed by atoms with Crippen molar-refractivity contribution in [2.24, 2.45) is 0 Å². The maximum Gasteiger partial charge on any atom is 0.121 e. The number of rotatable bonds is 7. The average Bonchev–Trinajstić information content (AvgIpc) is 2.65. The summed E-state index contributed by atoms with van der Waals surface area (Å²) in [4.78, 5) is 0. The van der Waals surface area contributed by atoms with E-state index in [1.807, 2.05) is 18.2 Å². The molecule has 0 aromatic heterocycles. The lowest BCUT2D eigenvalue weighted by Gasteiger charge is -2.14. The summed E-state index contributed by atoms with van der Waals surface area (Å²) < 4.78 is 0. The van der Waals surface area contributed by atoms with Gasteiger partial charge in [-0.15, -0.1) is 0 Å². The molecule has 0 aliphatic rings. The number of nitrogens with zero attached hydrogens (tertiary/aromatic N) is 2. The lowest BCUT2D eigenvalue weighted by Crippen LogP contribution is -1.95. The van der Waals surface area contributed by atoms with Gasteiger partial charge in [-0.05, 0) is 72.2 Å². The van der Waals surface area contributed by atoms with Crippen LogP contribution in [0, 0.1) is 22.7 Å². The molecule has 2 aromatic carbocycles. The van der Waals surface area contributed by atoms with Crippen LogP contribution >= 0.6 is 0 Å². The van der Waals surface area contributed by atoms with Crippen LogP contribution in [0.3, 0.4) is 0 Å². The second kappa shape index (κ2) is 8.90. The molecule has 0 unspecified atom stereocenters. The predicted octanol–water partition coefficient (Wildman–Crippen LogP) is 5.49. The standard InChI is InChI=1S/C22H24N2O/c1-3-5-7-17-12-20(13-18(22(17)25)8-6-4-2)16-9-10-19(14-23)21(11-16)15-24/h9-13,25H,3-8H2,1-2H3. The topological polar surface area (TPSA) is 67.8 Å². The monoisotopic (exact) mass is 332 g/mol. The fourth-order valence-electron chi connectivity index (χ4n) is 2.96. The van der Waals surface area contributed by atoms with Gasteiger partial charge in [-0.2, -0.15) is 10.5 Å². The van der Waals surface area contributed by atoms with Crippen LogP contribution in [-0.2, 0) is 12.8 Å². The maximum atomic E-state index is 10.6. The molecule has 128 valence electrons. The Balaban J connectivity index is 2.53. The Labute approximate surface area is 150 Å². The zero-order valence-electron chi connectivity index (χ0n) is 15.0. The molecule has 25 heavy (non-hydrogen) atoms. The molecule has 1 N–H and O–H groups in total. The summed E-state index contributed by atoms with van der Waals surface area (Å²) in [7, 11) is 0. The van der Waals surface area contributed by atoms with Crippen LogP contribution in [-0.4, -0.2) is 5.11 Å². The fraction of sp³-hybridized carbons (Fsp3) is 0.364. The van der Waals surface area contributed by atoms with E-state index in [9.17, 15) is 10.4 Å². The third-order valence-corrected chi connectivity index (χ3v) is 4.46. The highest BCUT2D eigenvalue weighted by Gasteiger charge is 2.12. The van der Waals surface area contributed by atoms with Gasteiger partial charge in [0.25, 0.3) is 0 Å². The van der Waals surface area contributed by atoms with Gasteiger partial charge >= 0.3 is 0 Å². The van der Waals surface area contributed by atoms with E-state index in [2.05, 4.69) is 26.0 Å². The number of phenols is 1. The van der Waals surface area contributed by atoms with Crippen LogP contribution in [0.1, 0.15) is 61.8 Å². The minimum Gasteiger partial charge on any atom is -0.507 e. The first-order chi connectivity index (χ1) is 12.1. The Morgan fingerprint density at radius 1 is 0.800 bits per heavy atom. The van der Waals surface area contributed by atoms with Gasteiger partial charge in [-0.25, -0.2) is 0 Å². The van der Waals surface area contributed by atoms with Crippen LogP contribution in [0.5, 0.6) is 5.75 Å². The van der Waals surface area contributed by atoms with E-state index in [1.54, 1.807) is 12.1 Å². The molecule has 0 spiro atoms. The Bertz CT molecular complexity index is 796. The number of benzene rings is 2. The second-order valence-corrected chi connectivity index (χ2v) is 6.33. The van der Waals surface area contributed by atoms with Crippen molar-refractivity contribution in [1.29, 1.82) is 10.5 Å². The molecule has 0 bridgehead atoms. The Morgan fingerprint density at radius 3 is 1.84 bits per heavy atom. The van der Waals surface area contributed by atoms with Crippen LogP contribution in [0.2, 0.25) is 0 Å². The molecule has 0 saturated heterocycles. The van der Waals surface area contributed by atoms with E-state index in [4.69, 9.17) is 5.26 Å². The van der Waals surface area contributed by atoms with Gasteiger partial charge < -0.3 is 5.11 Å². The van der Waals surface area contributed by atoms with E-state index in [0.717, 1.165) is 60.8 Å². The van der Waals surface area contributed by atoms with E-state index >= 15 is 0 Å². The van der Waals surface area contributed by atoms with Crippen molar-refractivity contribution >= 4 is 0 Å². The third-order valence-electron chi connectivity index (χ3n) is 4.46. The van der Waals surface area contributed by atoms with E-state index in [0.29, 0.717) is 16.9 Å². The molecule has 0 aliphatic heterocycles. The van der Waals surface area contributed by atoms with Crippen LogP contribution in [0.4, 0.5) is 0 Å². The lowest BCUT2D eigenvalue weighted by atomic mass is 9.93. The highest BCUT2D eigenvalue weighted by atomic mass is 16.3. The lowest BCUT2D eigenvalue weighted by molar-refractivity contribution is 0.459. The molecule has 0 fully saturated rings. The number of hydrogen-bond donors (Lipinski definition) is 1. The third kappa shape index (κ3) is 4.40. The average molecular weight is 332 g/mol. The summed E-state index contributed by atoms with van der Waals surface area (Å²) >= 11 is 0. The molecule has 2 rings (SSSR count). The smallest absolute Gasteiger partial charge is 0.121 e. The van der Waals surface area contributed by atoms with Gasteiger partial charge in [0.15, 0.2) is 0 Å². The number of unbranched alkanes of at least 4 members (excludes halogenated alkanes) is 2. The first kappa shape index (κ1) is 18.6. The minimum atomic E-state index is 0.387. The molecule has 0 amide bonds. The second-order valence-electron chi connectivity index (χ2n) is 6.33. The molecule has 0 saturated carbocycles. The summed E-state index contributed by atoms with van der Waals surface area (Å²) in [5.74, 6) is 0.416. The van der Waals surface area contributed by atoms with Crippen molar-refractivity contribution in [2.75, 3.05) is 0 Å². The molecule has 0 aliphatic carbocycles. The van der Waals surface area contributed by atoms with Gasteiger partial charge in [0, 0.05) is 0 Å². The zero-order valence-corrected chi connectivity index (χ0v) is 15.0. The Hall–Kier alpha value is -2.78. The molecular weight excluding hydrogens is 308 g/mol. The summed E-state index contributed by atoms with van der Waals surface area (Å²) in [6.45, 7) is 4.28. The number of aryl methyl sites for hydroxylation is 2. The van der Waals surface area contributed by atoms with Gasteiger partial charge in [-0.3, -0.25) is 0 Å². The van der Waals surface area contributed by atoms with Crippen LogP contribution in [0.25, 0.3) is 11.1 Å². The highest BCUT2D eigenvalue weighted by molar-refractivity contribution is 5.70. The van der Waals surface area contributed by atoms with Gasteiger partial charge in [0.05, 0.1) is 11.1 Å². The van der Waals surface area contributed by atoms with E-state index < -0.39 is 0 Å². The summed E-state index contributed by atoms with van der Waals surface area (Å²) in [6.07, 6.45) is 5.89. The largest absolute Gasteiger partial charge is 0.507 e. The zero-order chi connectivity index (χ0) is 18.2. The van der Waals surface area contributed by atoms with Crippen molar-refractivity contribution in [2.45, 2.75) is 52.4 Å². The Kier molecular flexibility index (Phi) is 6.61. The maximum absolute atomic E-state index is 10.6. The van der Waals surface area contributed by atoms with Crippen molar-refractivity contribution in [3.63, 3.8) is 0 Å². The molecule has 2 aromatic rings. The SMILES string of the molecule is CCCCc1cc(-c2ccc(C#N)c(C#N)c2)cc(CCCC)c1O. The molecule has 3 nitrogen and oxygen atoms in total. The minimum absolute atomic E-state index is 0.387. The van der Waals surface area contributed by atoms with E-state index in [-0.39, 0.29) is 0 Å². The van der Waals surface area contributed by atoms with Crippen LogP contribution < -0.4 is 0 Å². The fourth-order valence-corrected chi connectivity index (χ4v) is 2.96. The first-order valence-corrected chi connectivity index (χ1v) is 8.93. The van der Waals surface area contributed by atoms with E-state index in [1.165, 1.54) is 0 Å². The first-order valence-electron chi connectivity index (χ1n) is 8.93.